The number of hydrogen-bond acceptors (Lipinski definition) is 8. The molecule has 2 atom stereocenters. The van der Waals surface area contributed by atoms with Crippen molar-refractivity contribution in [3.8, 4) is 11.3 Å². The molecular weight excluding hydrogens is 660 g/mol. The standard InChI is InChI=1S/C38H42N10O4/c1-39-28-18-27(43-48-33(19-40-35(28)48)37(51)41-23-8-9-23)26-21-46(29-6-4-3-5-25(26)29)24-13-15-45(16-14-24)20-22-7-10-30-32(17-22)44(2)38(52)47(30)31-11-12-34(49)42-36(31)50/h3-7,10,17-19,21,23-24,31,36,39,50H,8-9,11-16,20H2,1-2H3,(H,41,51)(H,42,49). The van der Waals surface area contributed by atoms with Gasteiger partial charge in [-0.3, -0.25) is 23.6 Å². The van der Waals surface area contributed by atoms with E-state index in [4.69, 9.17) is 5.10 Å². The molecule has 2 amide bonds. The van der Waals surface area contributed by atoms with E-state index in [1.54, 1.807) is 26.9 Å². The first-order valence-corrected chi connectivity index (χ1v) is 18.1. The number of aliphatic hydroxyl groups is 1. The zero-order chi connectivity index (χ0) is 35.7. The van der Waals surface area contributed by atoms with Gasteiger partial charge in [0.25, 0.3) is 5.91 Å². The summed E-state index contributed by atoms with van der Waals surface area (Å²) in [6.07, 6.45) is 7.36. The van der Waals surface area contributed by atoms with E-state index < -0.39 is 12.3 Å². The van der Waals surface area contributed by atoms with Gasteiger partial charge in [-0.25, -0.2) is 14.3 Å². The lowest BCUT2D eigenvalue weighted by Gasteiger charge is -2.33. The lowest BCUT2D eigenvalue weighted by Crippen LogP contribution is -2.47. The Labute approximate surface area is 299 Å². The fraction of sp³-hybridized carbons (Fsp3) is 0.395. The third-order valence-electron chi connectivity index (χ3n) is 11.1. The van der Waals surface area contributed by atoms with Crippen molar-refractivity contribution < 1.29 is 14.7 Å². The minimum atomic E-state index is -1.10. The predicted octanol–water partition coefficient (Wildman–Crippen LogP) is 3.54. The third kappa shape index (κ3) is 5.53. The zero-order valence-electron chi connectivity index (χ0n) is 29.2. The Balaban J connectivity index is 0.955. The van der Waals surface area contributed by atoms with Crippen molar-refractivity contribution in [3.05, 3.63) is 82.7 Å². The largest absolute Gasteiger partial charge is 0.385 e. The quantitative estimate of drug-likeness (QED) is 0.188. The Morgan fingerprint density at radius 3 is 2.58 bits per heavy atom. The van der Waals surface area contributed by atoms with E-state index in [0.717, 1.165) is 89.8 Å². The second-order valence-corrected chi connectivity index (χ2v) is 14.4. The number of nitrogens with one attached hydrogen (secondary N) is 3. The van der Waals surface area contributed by atoms with Gasteiger partial charge in [-0.2, -0.15) is 5.10 Å². The lowest BCUT2D eigenvalue weighted by molar-refractivity contribution is -0.128. The van der Waals surface area contributed by atoms with Gasteiger partial charge >= 0.3 is 5.69 Å². The highest BCUT2D eigenvalue weighted by atomic mass is 16.3. The molecule has 0 radical (unpaired) electrons. The molecule has 3 fully saturated rings. The highest BCUT2D eigenvalue weighted by Crippen LogP contribution is 2.36. The average Bonchev–Trinajstić information content (AvgIpc) is 3.63. The van der Waals surface area contributed by atoms with Crippen molar-refractivity contribution in [2.24, 2.45) is 7.05 Å². The molecule has 4 N–H and O–H groups in total. The number of amides is 2. The number of carbonyl (C=O) groups is 2. The van der Waals surface area contributed by atoms with Gasteiger partial charge in [0.2, 0.25) is 5.91 Å². The lowest BCUT2D eigenvalue weighted by atomic mass is 10.0. The van der Waals surface area contributed by atoms with Crippen molar-refractivity contribution in [1.82, 2.24) is 43.8 Å². The number of benzene rings is 2. The molecule has 2 unspecified atom stereocenters. The average molecular weight is 703 g/mol. The molecule has 2 aliphatic heterocycles. The van der Waals surface area contributed by atoms with E-state index in [-0.39, 0.29) is 30.0 Å². The summed E-state index contributed by atoms with van der Waals surface area (Å²) in [4.78, 5) is 45.1. The second kappa shape index (κ2) is 12.6. The van der Waals surface area contributed by atoms with Gasteiger partial charge in [0.15, 0.2) is 11.3 Å². The Hall–Kier alpha value is -5.47. The van der Waals surface area contributed by atoms with E-state index in [0.29, 0.717) is 23.8 Å². The Bertz CT molecular complexity index is 2430. The molecule has 0 spiro atoms. The second-order valence-electron chi connectivity index (χ2n) is 14.4. The maximum atomic E-state index is 13.3. The van der Waals surface area contributed by atoms with Gasteiger partial charge in [-0.1, -0.05) is 24.3 Å². The molecule has 4 aromatic heterocycles. The van der Waals surface area contributed by atoms with Gasteiger partial charge in [-0.05, 0) is 61.9 Å². The minimum absolute atomic E-state index is 0.158. The number of imidazole rings is 2. The van der Waals surface area contributed by atoms with Crippen LogP contribution in [-0.4, -0.2) is 82.5 Å². The van der Waals surface area contributed by atoms with Crippen LogP contribution in [0.2, 0.25) is 0 Å². The van der Waals surface area contributed by atoms with E-state index >= 15 is 0 Å². The molecule has 6 heterocycles. The van der Waals surface area contributed by atoms with Crippen LogP contribution in [0.1, 0.15) is 66.7 Å². The molecule has 2 saturated heterocycles. The number of likely N-dealkylation sites (tertiary alicyclic amines) is 1. The summed E-state index contributed by atoms with van der Waals surface area (Å²) in [7, 11) is 3.61. The van der Waals surface area contributed by atoms with Crippen LogP contribution < -0.4 is 21.6 Å². The summed E-state index contributed by atoms with van der Waals surface area (Å²) in [5.74, 6) is -0.362. The van der Waals surface area contributed by atoms with Crippen LogP contribution in [0.4, 0.5) is 5.69 Å². The van der Waals surface area contributed by atoms with Gasteiger partial charge < -0.3 is 25.6 Å². The maximum absolute atomic E-state index is 13.3. The number of aryl methyl sites for hydroxylation is 1. The minimum Gasteiger partial charge on any atom is -0.385 e. The number of aliphatic hydroxyl groups excluding tert-OH is 1. The number of nitrogens with zero attached hydrogens (tertiary/aromatic N) is 7. The summed E-state index contributed by atoms with van der Waals surface area (Å²) in [5.41, 5.74) is 7.25. The molecule has 2 aromatic carbocycles. The highest BCUT2D eigenvalue weighted by Gasteiger charge is 2.32. The topological polar surface area (TPSA) is 156 Å². The Morgan fingerprint density at radius 2 is 1.81 bits per heavy atom. The highest BCUT2D eigenvalue weighted by molar-refractivity contribution is 5.97. The van der Waals surface area contributed by atoms with Gasteiger partial charge in [0.1, 0.15) is 6.23 Å². The maximum Gasteiger partial charge on any atom is 0.329 e. The van der Waals surface area contributed by atoms with E-state index in [2.05, 4.69) is 73.0 Å². The molecule has 1 aliphatic carbocycles. The van der Waals surface area contributed by atoms with Crippen molar-refractivity contribution in [3.63, 3.8) is 0 Å². The number of para-hydroxylation sites is 1. The van der Waals surface area contributed by atoms with E-state index in [1.165, 1.54) is 0 Å². The summed E-state index contributed by atoms with van der Waals surface area (Å²) >= 11 is 0. The summed E-state index contributed by atoms with van der Waals surface area (Å²) in [6.45, 7) is 2.60. The molecule has 14 heteroatoms. The number of carbonyl (C=O) groups excluding carboxylic acids is 2. The fourth-order valence-electron chi connectivity index (χ4n) is 8.12. The van der Waals surface area contributed by atoms with Gasteiger partial charge in [-0.15, -0.1) is 0 Å². The monoisotopic (exact) mass is 702 g/mol. The third-order valence-corrected chi connectivity index (χ3v) is 11.1. The Morgan fingerprint density at radius 1 is 1.00 bits per heavy atom. The number of aromatic nitrogens is 6. The summed E-state index contributed by atoms with van der Waals surface area (Å²) in [5, 5.41) is 25.5. The molecular formula is C38H42N10O4. The first-order chi connectivity index (χ1) is 25.3. The van der Waals surface area contributed by atoms with Crippen molar-refractivity contribution in [2.45, 2.75) is 69.4 Å². The number of rotatable bonds is 8. The molecule has 14 nitrogen and oxygen atoms in total. The van der Waals surface area contributed by atoms with Gasteiger partial charge in [0, 0.05) is 74.9 Å². The first kappa shape index (κ1) is 32.4. The van der Waals surface area contributed by atoms with Crippen LogP contribution in [-0.2, 0) is 18.4 Å². The van der Waals surface area contributed by atoms with Crippen LogP contribution in [0.5, 0.6) is 0 Å². The zero-order valence-corrected chi connectivity index (χ0v) is 29.2. The van der Waals surface area contributed by atoms with Crippen LogP contribution in [0.15, 0.2) is 65.7 Å². The van der Waals surface area contributed by atoms with Crippen LogP contribution in [0.25, 0.3) is 38.8 Å². The van der Waals surface area contributed by atoms with Gasteiger partial charge in [0.05, 0.1) is 34.7 Å². The molecule has 0 bridgehead atoms. The number of fused-ring (bicyclic) bond motifs is 3. The van der Waals surface area contributed by atoms with E-state index in [1.807, 2.05) is 19.2 Å². The van der Waals surface area contributed by atoms with Crippen molar-refractivity contribution in [1.29, 1.82) is 0 Å². The van der Waals surface area contributed by atoms with E-state index in [9.17, 15) is 19.5 Å². The molecule has 3 aliphatic rings. The van der Waals surface area contributed by atoms with Crippen LogP contribution >= 0.6 is 0 Å². The summed E-state index contributed by atoms with van der Waals surface area (Å²) < 4.78 is 7.31. The predicted molar refractivity (Wildman–Crippen MR) is 197 cm³/mol. The number of anilines is 1. The number of hydrogen-bond donors (Lipinski definition) is 4. The normalized spacial score (nSPS) is 20.2. The first-order valence-electron chi connectivity index (χ1n) is 18.1. The summed E-state index contributed by atoms with van der Waals surface area (Å²) in [6, 6.07) is 16.6. The molecule has 268 valence electrons. The molecule has 52 heavy (non-hydrogen) atoms. The SMILES string of the molecule is CNc1cc(-c2cn(C3CCN(Cc4ccc5c(c4)n(C)c(=O)n5C4CCC(=O)NC4O)CC3)c3ccccc23)nn2c(C(=O)NC3CC3)cnc12. The van der Waals surface area contributed by atoms with Crippen LogP contribution in [0.3, 0.4) is 0 Å². The molecule has 9 rings (SSSR count). The smallest absolute Gasteiger partial charge is 0.329 e. The van der Waals surface area contributed by atoms with Crippen molar-refractivity contribution >= 4 is 45.1 Å². The fourth-order valence-corrected chi connectivity index (χ4v) is 8.12. The number of piperidine rings is 2. The van der Waals surface area contributed by atoms with Crippen molar-refractivity contribution in [2.75, 3.05) is 25.5 Å². The Kier molecular flexibility index (Phi) is 7.88. The van der Waals surface area contributed by atoms with Crippen LogP contribution in [0, 0.1) is 0 Å². The molecule has 1 saturated carbocycles. The molecule has 6 aromatic rings.